The van der Waals surface area contributed by atoms with Gasteiger partial charge in [0.2, 0.25) is 23.6 Å². The molecule has 226 valence electrons. The third-order valence-corrected chi connectivity index (χ3v) is 7.79. The van der Waals surface area contributed by atoms with E-state index < -0.39 is 47.2 Å². The minimum atomic E-state index is -1.24. The highest BCUT2D eigenvalue weighted by Crippen LogP contribution is 2.36. The van der Waals surface area contributed by atoms with Crippen molar-refractivity contribution in [3.05, 3.63) is 35.9 Å². The summed E-state index contributed by atoms with van der Waals surface area (Å²) in [6.07, 6.45) is 2.29. The summed E-state index contributed by atoms with van der Waals surface area (Å²) in [5.41, 5.74) is 4.44. The molecule has 2 heterocycles. The Morgan fingerprint density at radius 2 is 1.66 bits per heavy atom. The van der Waals surface area contributed by atoms with E-state index in [1.165, 1.54) is 4.90 Å². The second kappa shape index (κ2) is 13.4. The van der Waals surface area contributed by atoms with Gasteiger partial charge in [-0.05, 0) is 64.9 Å². The standard InChI is InChI=1S/C30H45N5O6/c1-6-21(24(31)36)32-27(39)30(19-20-13-9-8-10-14-20)16-12-18-35(30)26(38)23-15-11-17-34(23)25(37)22(7-2)33-28(40)41-29(3,4)5/h8-10,13-14,21-23H,6-7,11-12,15-19H2,1-5H3,(H2,31,36)(H,32,39)(H,33,40)/t21-,22-,23-,30?/m0/s1. The Labute approximate surface area is 242 Å². The number of alkyl carbamates (subject to hydrolysis) is 1. The molecule has 3 rings (SSSR count). The predicted octanol–water partition coefficient (Wildman–Crippen LogP) is 2.26. The molecule has 5 amide bonds. The van der Waals surface area contributed by atoms with Crippen LogP contribution in [-0.2, 0) is 30.3 Å². The van der Waals surface area contributed by atoms with Gasteiger partial charge in [-0.2, -0.15) is 0 Å². The number of hydrogen-bond donors (Lipinski definition) is 3. The van der Waals surface area contributed by atoms with Gasteiger partial charge in [-0.1, -0.05) is 44.2 Å². The van der Waals surface area contributed by atoms with Crippen LogP contribution in [0.4, 0.5) is 4.79 Å². The Morgan fingerprint density at radius 3 is 2.24 bits per heavy atom. The number of rotatable bonds is 10. The molecule has 4 N–H and O–H groups in total. The Bertz CT molecular complexity index is 1120. The molecule has 0 spiro atoms. The number of nitrogens with one attached hydrogen (secondary N) is 2. The van der Waals surface area contributed by atoms with Crippen LogP contribution in [0.2, 0.25) is 0 Å². The van der Waals surface area contributed by atoms with E-state index in [-0.39, 0.29) is 18.2 Å². The topological polar surface area (TPSA) is 151 Å². The van der Waals surface area contributed by atoms with E-state index in [2.05, 4.69) is 10.6 Å². The Kier molecular flexibility index (Phi) is 10.4. The maximum absolute atomic E-state index is 14.2. The summed E-state index contributed by atoms with van der Waals surface area (Å²) < 4.78 is 5.33. The molecule has 0 radical (unpaired) electrons. The van der Waals surface area contributed by atoms with Crippen molar-refractivity contribution in [2.45, 2.75) is 109 Å². The van der Waals surface area contributed by atoms with Crippen LogP contribution in [0.5, 0.6) is 0 Å². The van der Waals surface area contributed by atoms with Gasteiger partial charge in [0.15, 0.2) is 0 Å². The molecule has 11 heteroatoms. The lowest BCUT2D eigenvalue weighted by Gasteiger charge is -2.41. The van der Waals surface area contributed by atoms with E-state index in [0.717, 1.165) is 5.56 Å². The van der Waals surface area contributed by atoms with Crippen LogP contribution >= 0.6 is 0 Å². The number of nitrogens with two attached hydrogens (primary N) is 1. The van der Waals surface area contributed by atoms with Gasteiger partial charge in [-0.3, -0.25) is 19.2 Å². The first kappa shape index (κ1) is 31.9. The Hall–Kier alpha value is -3.63. The molecule has 2 aliphatic heterocycles. The summed E-state index contributed by atoms with van der Waals surface area (Å²) in [5.74, 6) is -1.72. The molecular formula is C30H45N5O6. The molecule has 0 aliphatic carbocycles. The van der Waals surface area contributed by atoms with Gasteiger partial charge in [0.05, 0.1) is 0 Å². The molecular weight excluding hydrogens is 526 g/mol. The average Bonchev–Trinajstić information content (AvgIpc) is 3.57. The maximum atomic E-state index is 14.2. The number of nitrogens with zero attached hydrogens (tertiary/aromatic N) is 2. The highest BCUT2D eigenvalue weighted by atomic mass is 16.6. The van der Waals surface area contributed by atoms with E-state index in [9.17, 15) is 24.0 Å². The SMILES string of the molecule is CC[C@H](NC(=O)C1(Cc2ccccc2)CCCN1C(=O)[C@@H]1CCCN1C(=O)[C@H](CC)NC(=O)OC(C)(C)C)C(N)=O. The van der Waals surface area contributed by atoms with Crippen molar-refractivity contribution in [2.75, 3.05) is 13.1 Å². The second-order valence-corrected chi connectivity index (χ2v) is 11.9. The third kappa shape index (κ3) is 7.56. The van der Waals surface area contributed by atoms with Crippen LogP contribution in [0.3, 0.4) is 0 Å². The van der Waals surface area contributed by atoms with Gasteiger partial charge >= 0.3 is 6.09 Å². The quantitative estimate of drug-likeness (QED) is 0.392. The number of carbonyl (C=O) groups is 5. The van der Waals surface area contributed by atoms with Crippen LogP contribution in [-0.4, -0.2) is 81.9 Å². The number of benzene rings is 1. The first-order valence-corrected chi connectivity index (χ1v) is 14.6. The highest BCUT2D eigenvalue weighted by molar-refractivity contribution is 5.98. The number of hydrogen-bond acceptors (Lipinski definition) is 6. The molecule has 0 saturated carbocycles. The molecule has 11 nitrogen and oxygen atoms in total. The van der Waals surface area contributed by atoms with E-state index in [1.807, 2.05) is 30.3 Å². The minimum absolute atomic E-state index is 0.263. The maximum Gasteiger partial charge on any atom is 0.408 e. The van der Waals surface area contributed by atoms with Crippen molar-refractivity contribution < 1.29 is 28.7 Å². The fraction of sp³-hybridized carbons (Fsp3) is 0.633. The molecule has 1 aromatic carbocycles. The fourth-order valence-electron chi connectivity index (χ4n) is 5.76. The number of likely N-dealkylation sites (tertiary alicyclic amines) is 2. The first-order valence-electron chi connectivity index (χ1n) is 14.6. The zero-order valence-electron chi connectivity index (χ0n) is 24.9. The van der Waals surface area contributed by atoms with Crippen molar-refractivity contribution in [3.8, 4) is 0 Å². The van der Waals surface area contributed by atoms with Crippen molar-refractivity contribution >= 4 is 29.7 Å². The lowest BCUT2D eigenvalue weighted by Crippen LogP contribution is -2.64. The molecule has 2 aliphatic rings. The van der Waals surface area contributed by atoms with Crippen LogP contribution in [0.1, 0.15) is 78.7 Å². The van der Waals surface area contributed by atoms with E-state index in [0.29, 0.717) is 51.6 Å². The zero-order chi connectivity index (χ0) is 30.4. The molecule has 2 saturated heterocycles. The van der Waals surface area contributed by atoms with Gasteiger partial charge in [-0.15, -0.1) is 0 Å². The van der Waals surface area contributed by atoms with Crippen LogP contribution in [0.15, 0.2) is 30.3 Å². The Balaban J connectivity index is 1.88. The molecule has 0 bridgehead atoms. The van der Waals surface area contributed by atoms with Gasteiger partial charge in [0.1, 0.15) is 29.3 Å². The predicted molar refractivity (Wildman–Crippen MR) is 153 cm³/mol. The van der Waals surface area contributed by atoms with Crippen LogP contribution in [0, 0.1) is 0 Å². The van der Waals surface area contributed by atoms with Gasteiger partial charge in [0.25, 0.3) is 0 Å². The summed E-state index contributed by atoms with van der Waals surface area (Å²) in [6.45, 7) is 9.48. The molecule has 0 aromatic heterocycles. The smallest absolute Gasteiger partial charge is 0.408 e. The van der Waals surface area contributed by atoms with Crippen LogP contribution < -0.4 is 16.4 Å². The van der Waals surface area contributed by atoms with Gasteiger partial charge in [0, 0.05) is 19.5 Å². The summed E-state index contributed by atoms with van der Waals surface area (Å²) in [6, 6.07) is 6.96. The monoisotopic (exact) mass is 571 g/mol. The molecule has 4 atom stereocenters. The summed E-state index contributed by atoms with van der Waals surface area (Å²) >= 11 is 0. The third-order valence-electron chi connectivity index (χ3n) is 7.79. The van der Waals surface area contributed by atoms with Gasteiger partial charge < -0.3 is 30.9 Å². The zero-order valence-corrected chi connectivity index (χ0v) is 24.9. The minimum Gasteiger partial charge on any atom is -0.444 e. The largest absolute Gasteiger partial charge is 0.444 e. The number of primary amides is 1. The summed E-state index contributed by atoms with van der Waals surface area (Å²) in [4.78, 5) is 69.3. The number of carbonyl (C=O) groups excluding carboxylic acids is 5. The number of ether oxygens (including phenoxy) is 1. The summed E-state index contributed by atoms with van der Waals surface area (Å²) in [7, 11) is 0. The molecule has 2 fully saturated rings. The first-order chi connectivity index (χ1) is 19.3. The number of amides is 5. The molecule has 41 heavy (non-hydrogen) atoms. The molecule has 1 aromatic rings. The van der Waals surface area contributed by atoms with Crippen molar-refractivity contribution in [3.63, 3.8) is 0 Å². The van der Waals surface area contributed by atoms with Crippen molar-refractivity contribution in [1.29, 1.82) is 0 Å². The lowest BCUT2D eigenvalue weighted by molar-refractivity contribution is -0.152. The van der Waals surface area contributed by atoms with Crippen molar-refractivity contribution in [2.24, 2.45) is 5.73 Å². The summed E-state index contributed by atoms with van der Waals surface area (Å²) in [5, 5.41) is 5.45. The normalized spacial score (nSPS) is 22.1. The highest BCUT2D eigenvalue weighted by Gasteiger charge is 2.53. The Morgan fingerprint density at radius 1 is 1.00 bits per heavy atom. The second-order valence-electron chi connectivity index (χ2n) is 11.9. The van der Waals surface area contributed by atoms with Gasteiger partial charge in [-0.25, -0.2) is 4.79 Å². The van der Waals surface area contributed by atoms with E-state index in [4.69, 9.17) is 10.5 Å². The van der Waals surface area contributed by atoms with Crippen molar-refractivity contribution in [1.82, 2.24) is 20.4 Å². The average molecular weight is 572 g/mol. The fourth-order valence-corrected chi connectivity index (χ4v) is 5.76. The van der Waals surface area contributed by atoms with E-state index in [1.54, 1.807) is 39.5 Å². The van der Waals surface area contributed by atoms with Crippen LogP contribution in [0.25, 0.3) is 0 Å². The lowest BCUT2D eigenvalue weighted by atomic mass is 9.86. The molecule has 1 unspecified atom stereocenters. The van der Waals surface area contributed by atoms with E-state index >= 15 is 0 Å².